The summed E-state index contributed by atoms with van der Waals surface area (Å²) in [4.78, 5) is 23.2. The van der Waals surface area contributed by atoms with Crippen molar-refractivity contribution in [1.29, 1.82) is 0 Å². The van der Waals surface area contributed by atoms with Gasteiger partial charge in [-0.15, -0.1) is 0 Å². The molecule has 0 unspecified atom stereocenters. The van der Waals surface area contributed by atoms with E-state index in [1.54, 1.807) is 13.0 Å². The van der Waals surface area contributed by atoms with Gasteiger partial charge < -0.3 is 20.5 Å². The topological polar surface area (TPSA) is 90.6 Å². The van der Waals surface area contributed by atoms with Gasteiger partial charge in [-0.2, -0.15) is 0 Å². The van der Waals surface area contributed by atoms with Crippen molar-refractivity contribution in [2.75, 3.05) is 6.61 Å². The van der Waals surface area contributed by atoms with E-state index in [9.17, 15) is 9.59 Å². The van der Waals surface area contributed by atoms with Gasteiger partial charge in [-0.25, -0.2) is 4.79 Å². The molecule has 0 saturated heterocycles. The molecule has 1 amide bonds. The number of ether oxygens (including phenoxy) is 2. The number of esters is 1. The maximum absolute atomic E-state index is 11.9. The van der Waals surface area contributed by atoms with E-state index >= 15 is 0 Å². The van der Waals surface area contributed by atoms with Gasteiger partial charge in [0.15, 0.2) is 0 Å². The minimum Gasteiger partial charge on any atom is -0.463 e. The highest BCUT2D eigenvalue weighted by Crippen LogP contribution is 2.23. The van der Waals surface area contributed by atoms with E-state index in [-0.39, 0.29) is 30.1 Å². The molecule has 1 aliphatic carbocycles. The number of hydrogen-bond acceptors (Lipinski definition) is 5. The number of nitrogens with one attached hydrogen (secondary N) is 1. The molecular formula is C15H26N2O4. The van der Waals surface area contributed by atoms with Crippen LogP contribution in [0.3, 0.4) is 0 Å². The van der Waals surface area contributed by atoms with Gasteiger partial charge in [0, 0.05) is 18.5 Å². The summed E-state index contributed by atoms with van der Waals surface area (Å²) in [6.45, 7) is 7.48. The van der Waals surface area contributed by atoms with Crippen LogP contribution in [-0.4, -0.2) is 42.8 Å². The van der Waals surface area contributed by atoms with Crippen LogP contribution in [0.2, 0.25) is 0 Å². The summed E-state index contributed by atoms with van der Waals surface area (Å²) in [7, 11) is 0. The van der Waals surface area contributed by atoms with Crippen LogP contribution in [0, 0.1) is 0 Å². The molecule has 0 heterocycles. The number of carbonyl (C=O) groups excluding carboxylic acids is 2. The molecule has 4 atom stereocenters. The van der Waals surface area contributed by atoms with Crippen LogP contribution in [0.1, 0.15) is 40.5 Å². The van der Waals surface area contributed by atoms with Crippen LogP contribution < -0.4 is 11.1 Å². The third-order valence-electron chi connectivity index (χ3n) is 3.51. The van der Waals surface area contributed by atoms with Gasteiger partial charge >= 0.3 is 5.97 Å². The molecule has 1 rings (SSSR count). The van der Waals surface area contributed by atoms with Crippen LogP contribution >= 0.6 is 0 Å². The summed E-state index contributed by atoms with van der Waals surface area (Å²) >= 11 is 0. The highest BCUT2D eigenvalue weighted by atomic mass is 16.5. The van der Waals surface area contributed by atoms with Crippen molar-refractivity contribution in [2.24, 2.45) is 5.73 Å². The molecule has 0 bridgehead atoms. The molecule has 0 aliphatic heterocycles. The number of hydrogen-bond donors (Lipinski definition) is 2. The molecule has 0 fully saturated rings. The highest BCUT2D eigenvalue weighted by molar-refractivity contribution is 5.89. The first-order valence-electron chi connectivity index (χ1n) is 7.44. The minimum absolute atomic E-state index is 0.0104. The monoisotopic (exact) mass is 298 g/mol. The van der Waals surface area contributed by atoms with Crippen molar-refractivity contribution in [1.82, 2.24) is 5.32 Å². The summed E-state index contributed by atoms with van der Waals surface area (Å²) < 4.78 is 10.9. The lowest BCUT2D eigenvalue weighted by Gasteiger charge is -2.36. The molecule has 0 radical (unpaired) electrons. The van der Waals surface area contributed by atoms with Crippen LogP contribution in [0.25, 0.3) is 0 Å². The van der Waals surface area contributed by atoms with Crippen molar-refractivity contribution in [3.05, 3.63) is 11.6 Å². The standard InChI is InChI=1S/C15H26N2O4/c1-5-9(3)21-13-8-11(15(19)20-6-2)7-12(16)14(13)17-10(4)18/h8-9,12-14H,5-7,16H2,1-4H3,(H,17,18)/t9-,12-,13+,14+/m0/s1. The minimum atomic E-state index is -0.424. The van der Waals surface area contributed by atoms with Crippen LogP contribution in [0.15, 0.2) is 11.6 Å². The number of nitrogens with two attached hydrogens (primary N) is 1. The summed E-state index contributed by atoms with van der Waals surface area (Å²) in [5.74, 6) is -0.534. The average Bonchev–Trinajstić information content (AvgIpc) is 2.42. The van der Waals surface area contributed by atoms with Gasteiger partial charge in [0.1, 0.15) is 0 Å². The second-order valence-corrected chi connectivity index (χ2v) is 5.33. The highest BCUT2D eigenvalue weighted by Gasteiger charge is 2.35. The number of amides is 1. The summed E-state index contributed by atoms with van der Waals surface area (Å²) in [5, 5.41) is 2.82. The smallest absolute Gasteiger partial charge is 0.333 e. The lowest BCUT2D eigenvalue weighted by Crippen LogP contribution is -2.57. The zero-order valence-corrected chi connectivity index (χ0v) is 13.2. The molecule has 0 aromatic heterocycles. The van der Waals surface area contributed by atoms with Crippen LogP contribution in [-0.2, 0) is 19.1 Å². The van der Waals surface area contributed by atoms with Crippen LogP contribution in [0.5, 0.6) is 0 Å². The Morgan fingerprint density at radius 1 is 1.48 bits per heavy atom. The molecule has 0 aromatic carbocycles. The normalized spacial score (nSPS) is 26.7. The van der Waals surface area contributed by atoms with Gasteiger partial charge in [0.2, 0.25) is 5.91 Å². The Hall–Kier alpha value is -1.40. The lowest BCUT2D eigenvalue weighted by atomic mass is 9.88. The summed E-state index contributed by atoms with van der Waals surface area (Å²) in [5.41, 5.74) is 6.63. The number of carbonyl (C=O) groups is 2. The molecule has 6 nitrogen and oxygen atoms in total. The predicted octanol–water partition coefficient (Wildman–Crippen LogP) is 0.895. The maximum atomic E-state index is 11.9. The van der Waals surface area contributed by atoms with E-state index in [1.807, 2.05) is 13.8 Å². The molecule has 0 aromatic rings. The van der Waals surface area contributed by atoms with E-state index in [1.165, 1.54) is 6.92 Å². The van der Waals surface area contributed by atoms with Crippen LogP contribution in [0.4, 0.5) is 0 Å². The predicted molar refractivity (Wildman–Crippen MR) is 79.5 cm³/mol. The molecule has 0 spiro atoms. The van der Waals surface area contributed by atoms with Crippen molar-refractivity contribution in [2.45, 2.75) is 64.8 Å². The SMILES string of the molecule is CCOC(=O)C1=C[C@@H](O[C@@H](C)CC)[C@H](NC(C)=O)[C@@H](N)C1. The Bertz CT molecular complexity index is 408. The fraction of sp³-hybridized carbons (Fsp3) is 0.733. The maximum Gasteiger partial charge on any atom is 0.333 e. The average molecular weight is 298 g/mol. The molecule has 21 heavy (non-hydrogen) atoms. The molecule has 6 heteroatoms. The first kappa shape index (κ1) is 17.7. The Morgan fingerprint density at radius 2 is 2.14 bits per heavy atom. The van der Waals surface area contributed by atoms with Crippen molar-refractivity contribution in [3.8, 4) is 0 Å². The molecule has 0 saturated carbocycles. The first-order valence-corrected chi connectivity index (χ1v) is 7.44. The lowest BCUT2D eigenvalue weighted by molar-refractivity contribution is -0.139. The number of rotatable bonds is 6. The van der Waals surface area contributed by atoms with Gasteiger partial charge in [-0.1, -0.05) is 6.92 Å². The first-order chi connectivity index (χ1) is 9.88. The van der Waals surface area contributed by atoms with E-state index < -0.39 is 6.10 Å². The Balaban J connectivity index is 2.95. The van der Waals surface area contributed by atoms with Crippen molar-refractivity contribution in [3.63, 3.8) is 0 Å². The third-order valence-corrected chi connectivity index (χ3v) is 3.51. The molecule has 3 N–H and O–H groups in total. The van der Waals surface area contributed by atoms with Gasteiger partial charge in [0.05, 0.1) is 24.9 Å². The second-order valence-electron chi connectivity index (χ2n) is 5.33. The fourth-order valence-electron chi connectivity index (χ4n) is 2.28. The molecule has 120 valence electrons. The van der Waals surface area contributed by atoms with Crippen molar-refractivity contribution < 1.29 is 19.1 Å². The zero-order valence-electron chi connectivity index (χ0n) is 13.2. The Morgan fingerprint density at radius 3 is 2.67 bits per heavy atom. The fourth-order valence-corrected chi connectivity index (χ4v) is 2.28. The Kier molecular flexibility index (Phi) is 6.84. The quantitative estimate of drug-likeness (QED) is 0.711. The third kappa shape index (κ3) is 5.13. The van der Waals surface area contributed by atoms with E-state index in [0.717, 1.165) is 6.42 Å². The Labute approximate surface area is 126 Å². The summed E-state index contributed by atoms with van der Waals surface area (Å²) in [6.07, 6.45) is 2.52. The van der Waals surface area contributed by atoms with Gasteiger partial charge in [0.25, 0.3) is 0 Å². The van der Waals surface area contributed by atoms with Crippen molar-refractivity contribution >= 4 is 11.9 Å². The van der Waals surface area contributed by atoms with E-state index in [0.29, 0.717) is 18.6 Å². The van der Waals surface area contributed by atoms with E-state index in [2.05, 4.69) is 5.32 Å². The van der Waals surface area contributed by atoms with Gasteiger partial charge in [-0.05, 0) is 32.8 Å². The van der Waals surface area contributed by atoms with E-state index in [4.69, 9.17) is 15.2 Å². The molecule has 1 aliphatic rings. The second kappa shape index (κ2) is 8.14. The summed E-state index contributed by atoms with van der Waals surface area (Å²) in [6, 6.07) is -0.720. The zero-order chi connectivity index (χ0) is 16.0. The van der Waals surface area contributed by atoms with Gasteiger partial charge in [-0.3, -0.25) is 4.79 Å². The largest absolute Gasteiger partial charge is 0.463 e. The molecular weight excluding hydrogens is 272 g/mol.